The van der Waals surface area contributed by atoms with Gasteiger partial charge in [0.2, 0.25) is 5.13 Å². The number of rotatable bonds is 2. The maximum absolute atomic E-state index is 12.1. The van der Waals surface area contributed by atoms with Crippen molar-refractivity contribution in [3.8, 4) is 5.75 Å². The minimum absolute atomic E-state index is 0.192. The van der Waals surface area contributed by atoms with E-state index in [-0.39, 0.29) is 16.1 Å². The third-order valence-electron chi connectivity index (χ3n) is 2.67. The first kappa shape index (κ1) is 13.5. The van der Waals surface area contributed by atoms with E-state index < -0.39 is 22.8 Å². The number of nitrogens with zero attached hydrogens (tertiary/aromatic N) is 1. The number of benzene rings is 1. The predicted octanol–water partition coefficient (Wildman–Crippen LogP) is 2.26. The topological polar surface area (TPSA) is 108 Å². The molecule has 3 N–H and O–H groups in total. The maximum atomic E-state index is 12.1. The second-order valence-electron chi connectivity index (χ2n) is 3.98. The van der Waals surface area contributed by atoms with Gasteiger partial charge in [-0.25, -0.2) is 4.79 Å². The second kappa shape index (κ2) is 5.11. The minimum atomic E-state index is -0.928. The lowest BCUT2D eigenvalue weighted by Gasteiger charge is -2.05. The molecule has 9 heteroatoms. The summed E-state index contributed by atoms with van der Waals surface area (Å²) in [6, 6.07) is 6.38. The van der Waals surface area contributed by atoms with Crippen molar-refractivity contribution < 1.29 is 14.3 Å². The fourth-order valence-electron chi connectivity index (χ4n) is 1.78. The van der Waals surface area contributed by atoms with E-state index in [1.165, 1.54) is 6.07 Å². The third-order valence-corrected chi connectivity index (χ3v) is 3.68. The molecule has 0 fully saturated rings. The first-order chi connectivity index (χ1) is 10.1. The molecule has 1 amide bonds. The van der Waals surface area contributed by atoms with Gasteiger partial charge in [-0.1, -0.05) is 23.5 Å². The number of hydrogen-bond donors (Lipinski definition) is 3. The highest BCUT2D eigenvalue weighted by Crippen LogP contribution is 2.26. The van der Waals surface area contributed by atoms with E-state index >= 15 is 0 Å². The Morgan fingerprint density at radius 1 is 1.43 bits per heavy atom. The highest BCUT2D eigenvalue weighted by Gasteiger charge is 2.21. The van der Waals surface area contributed by atoms with Gasteiger partial charge in [-0.15, -0.1) is 5.10 Å². The van der Waals surface area contributed by atoms with Crippen LogP contribution in [-0.4, -0.2) is 21.2 Å². The molecule has 2 aromatic heterocycles. The number of nitrogens with one attached hydrogen (secondary N) is 2. The van der Waals surface area contributed by atoms with E-state index in [9.17, 15) is 14.7 Å². The van der Waals surface area contributed by atoms with Crippen LogP contribution in [0, 0.1) is 3.95 Å². The maximum Gasteiger partial charge on any atom is 0.353 e. The SMILES string of the molecule is O=C(Nc1n[nH]c(=S)s1)c1c(O)c2ccccc2oc1=O. The van der Waals surface area contributed by atoms with Gasteiger partial charge in [0.1, 0.15) is 11.3 Å². The number of carbonyl (C=O) groups is 1. The first-order valence-electron chi connectivity index (χ1n) is 5.68. The molecule has 106 valence electrons. The number of para-hydroxylation sites is 1. The normalized spacial score (nSPS) is 10.7. The molecule has 1 aromatic carbocycles. The van der Waals surface area contributed by atoms with Crippen molar-refractivity contribution >= 4 is 45.6 Å². The Labute approximate surface area is 125 Å². The number of hydrogen-bond acceptors (Lipinski definition) is 7. The summed E-state index contributed by atoms with van der Waals surface area (Å²) in [5.74, 6) is -1.25. The van der Waals surface area contributed by atoms with Crippen LogP contribution in [0.3, 0.4) is 0 Å². The standard InChI is InChI=1S/C12H7N3O4S2/c16-8-5-3-1-2-4-6(5)19-10(18)7(8)9(17)13-11-14-15-12(20)21-11/h1-4,16H,(H,15,20)(H,13,14,17). The summed E-state index contributed by atoms with van der Waals surface area (Å²) in [6.45, 7) is 0. The van der Waals surface area contributed by atoms with Gasteiger partial charge >= 0.3 is 5.63 Å². The molecule has 0 aliphatic rings. The molecular weight excluding hydrogens is 314 g/mol. The van der Waals surface area contributed by atoms with Crippen LogP contribution < -0.4 is 10.9 Å². The van der Waals surface area contributed by atoms with Crippen LogP contribution in [0.25, 0.3) is 11.0 Å². The van der Waals surface area contributed by atoms with E-state index in [1.807, 2.05) is 0 Å². The quantitative estimate of drug-likeness (QED) is 0.493. The van der Waals surface area contributed by atoms with Crippen molar-refractivity contribution in [1.29, 1.82) is 0 Å². The lowest BCUT2D eigenvalue weighted by Crippen LogP contribution is -2.21. The Bertz CT molecular complexity index is 957. The van der Waals surface area contributed by atoms with Crippen molar-refractivity contribution in [3.63, 3.8) is 0 Å². The van der Waals surface area contributed by atoms with Crippen molar-refractivity contribution in [2.24, 2.45) is 0 Å². The molecule has 0 aliphatic carbocycles. The van der Waals surface area contributed by atoms with Gasteiger partial charge in [0, 0.05) is 0 Å². The lowest BCUT2D eigenvalue weighted by atomic mass is 10.1. The van der Waals surface area contributed by atoms with E-state index in [0.717, 1.165) is 11.3 Å². The Balaban J connectivity index is 2.09. The van der Waals surface area contributed by atoms with Crippen LogP contribution >= 0.6 is 23.6 Å². The minimum Gasteiger partial charge on any atom is -0.506 e. The number of aromatic hydroxyl groups is 1. The molecule has 0 aliphatic heterocycles. The average Bonchev–Trinajstić information content (AvgIpc) is 2.84. The van der Waals surface area contributed by atoms with Crippen molar-refractivity contribution in [3.05, 3.63) is 44.2 Å². The van der Waals surface area contributed by atoms with Gasteiger partial charge in [0.05, 0.1) is 5.39 Å². The number of carbonyl (C=O) groups excluding carboxylic acids is 1. The Hall–Kier alpha value is -2.52. The summed E-state index contributed by atoms with van der Waals surface area (Å²) in [5.41, 5.74) is -1.20. The Morgan fingerprint density at radius 3 is 2.90 bits per heavy atom. The zero-order chi connectivity index (χ0) is 15.0. The molecule has 0 saturated heterocycles. The fraction of sp³-hybridized carbons (Fsp3) is 0. The van der Waals surface area contributed by atoms with Crippen LogP contribution in [0.1, 0.15) is 10.4 Å². The van der Waals surface area contributed by atoms with Gasteiger partial charge in [-0.2, -0.15) is 0 Å². The van der Waals surface area contributed by atoms with Crippen molar-refractivity contribution in [2.45, 2.75) is 0 Å². The molecule has 2 heterocycles. The Kier molecular flexibility index (Phi) is 3.28. The molecule has 0 spiro atoms. The highest BCUT2D eigenvalue weighted by atomic mass is 32.1. The molecule has 3 aromatic rings. The first-order valence-corrected chi connectivity index (χ1v) is 6.90. The van der Waals surface area contributed by atoms with Gasteiger partial charge in [-0.3, -0.25) is 15.2 Å². The summed E-state index contributed by atoms with van der Waals surface area (Å²) < 4.78 is 5.39. The summed E-state index contributed by atoms with van der Waals surface area (Å²) in [5, 5.41) is 19.2. The summed E-state index contributed by atoms with van der Waals surface area (Å²) in [7, 11) is 0. The highest BCUT2D eigenvalue weighted by molar-refractivity contribution is 7.73. The molecule has 0 atom stereocenters. The molecule has 0 saturated carbocycles. The zero-order valence-corrected chi connectivity index (χ0v) is 11.9. The molecule has 0 bridgehead atoms. The summed E-state index contributed by atoms with van der Waals surface area (Å²) in [6.07, 6.45) is 0. The van der Waals surface area contributed by atoms with Crippen molar-refractivity contribution in [1.82, 2.24) is 10.2 Å². The number of aromatic nitrogens is 2. The van der Waals surface area contributed by atoms with Gasteiger partial charge < -0.3 is 9.52 Å². The monoisotopic (exact) mass is 321 g/mol. The van der Waals surface area contributed by atoms with Crippen LogP contribution in [-0.2, 0) is 0 Å². The lowest BCUT2D eigenvalue weighted by molar-refractivity contribution is 0.102. The summed E-state index contributed by atoms with van der Waals surface area (Å²) >= 11 is 5.86. The van der Waals surface area contributed by atoms with Crippen LogP contribution in [0.15, 0.2) is 33.5 Å². The van der Waals surface area contributed by atoms with E-state index in [2.05, 4.69) is 15.5 Å². The molecule has 0 unspecified atom stereocenters. The van der Waals surface area contributed by atoms with E-state index in [4.69, 9.17) is 16.6 Å². The number of anilines is 1. The van der Waals surface area contributed by atoms with Gasteiger partial charge in [-0.05, 0) is 24.4 Å². The van der Waals surface area contributed by atoms with Crippen LogP contribution in [0.2, 0.25) is 0 Å². The molecular formula is C12H7N3O4S2. The number of amides is 1. The molecule has 3 rings (SSSR count). The second-order valence-corrected chi connectivity index (χ2v) is 5.65. The van der Waals surface area contributed by atoms with E-state index in [1.54, 1.807) is 18.2 Å². The zero-order valence-electron chi connectivity index (χ0n) is 10.2. The number of H-pyrrole nitrogens is 1. The van der Waals surface area contributed by atoms with Crippen LogP contribution in [0.5, 0.6) is 5.75 Å². The number of fused-ring (bicyclic) bond motifs is 1. The molecule has 21 heavy (non-hydrogen) atoms. The smallest absolute Gasteiger partial charge is 0.353 e. The predicted molar refractivity (Wildman–Crippen MR) is 79.4 cm³/mol. The largest absolute Gasteiger partial charge is 0.506 e. The van der Waals surface area contributed by atoms with Crippen molar-refractivity contribution in [2.75, 3.05) is 5.32 Å². The molecule has 0 radical (unpaired) electrons. The van der Waals surface area contributed by atoms with Gasteiger partial charge in [0.15, 0.2) is 9.52 Å². The Morgan fingerprint density at radius 2 is 2.19 bits per heavy atom. The van der Waals surface area contributed by atoms with Crippen LogP contribution in [0.4, 0.5) is 5.13 Å². The third kappa shape index (κ3) is 2.43. The van der Waals surface area contributed by atoms with Gasteiger partial charge in [0.25, 0.3) is 5.91 Å². The summed E-state index contributed by atoms with van der Waals surface area (Å²) in [4.78, 5) is 24.0. The average molecular weight is 321 g/mol. The van der Waals surface area contributed by atoms with E-state index in [0.29, 0.717) is 3.95 Å². The number of aromatic amines is 1. The molecule has 7 nitrogen and oxygen atoms in total. The fourth-order valence-corrected chi connectivity index (χ4v) is 2.56.